The molecule has 0 spiro atoms. The van der Waals surface area contributed by atoms with Crippen LogP contribution in [0.1, 0.15) is 47.2 Å². The monoisotopic (exact) mass is 452 g/mol. The topological polar surface area (TPSA) is 88.1 Å². The summed E-state index contributed by atoms with van der Waals surface area (Å²) >= 11 is 0. The maximum Gasteiger partial charge on any atom is 0.335 e. The van der Waals surface area contributed by atoms with Gasteiger partial charge >= 0.3 is 5.97 Å². The average molecular weight is 453 g/mol. The zero-order valence-electron chi connectivity index (χ0n) is 19.3. The molecule has 2 aromatic rings. The van der Waals surface area contributed by atoms with E-state index in [0.29, 0.717) is 39.2 Å². The van der Waals surface area contributed by atoms with Crippen LogP contribution in [-0.2, 0) is 15.1 Å². The number of aromatic carboxylic acids is 1. The van der Waals surface area contributed by atoms with Crippen molar-refractivity contribution in [3.8, 4) is 5.75 Å². The second-order valence-electron chi connectivity index (χ2n) is 9.10. The number of likely N-dealkylation sites (N-methyl/N-ethyl adjacent to an activating group) is 1. The summed E-state index contributed by atoms with van der Waals surface area (Å²) in [5.41, 5.74) is 1.20. The van der Waals surface area contributed by atoms with Crippen molar-refractivity contribution < 1.29 is 24.2 Å². The summed E-state index contributed by atoms with van der Waals surface area (Å²) < 4.78 is 11.6. The lowest BCUT2D eigenvalue weighted by atomic mass is 9.86. The summed E-state index contributed by atoms with van der Waals surface area (Å²) in [5, 5.41) is 12.5. The quantitative estimate of drug-likeness (QED) is 0.607. The van der Waals surface area contributed by atoms with Gasteiger partial charge in [0.25, 0.3) is 0 Å². The largest absolute Gasteiger partial charge is 0.492 e. The van der Waals surface area contributed by atoms with Crippen molar-refractivity contribution in [1.82, 2.24) is 10.2 Å². The van der Waals surface area contributed by atoms with Crippen molar-refractivity contribution in [1.29, 1.82) is 0 Å². The second kappa shape index (κ2) is 9.53. The number of carboxylic acids is 1. The van der Waals surface area contributed by atoms with Crippen molar-refractivity contribution in [2.24, 2.45) is 0 Å². The number of benzene rings is 2. The van der Waals surface area contributed by atoms with Crippen LogP contribution in [0.2, 0.25) is 0 Å². The molecule has 1 heterocycles. The molecular weight excluding hydrogens is 420 g/mol. The van der Waals surface area contributed by atoms with Gasteiger partial charge in [0.15, 0.2) is 0 Å². The number of carbonyl (C=O) groups is 2. The van der Waals surface area contributed by atoms with E-state index >= 15 is 0 Å². The Labute approximate surface area is 194 Å². The van der Waals surface area contributed by atoms with Gasteiger partial charge in [0.05, 0.1) is 11.1 Å². The van der Waals surface area contributed by atoms with E-state index in [1.807, 2.05) is 50.4 Å². The molecule has 2 N–H and O–H groups in total. The minimum Gasteiger partial charge on any atom is -0.492 e. The van der Waals surface area contributed by atoms with Gasteiger partial charge in [0.2, 0.25) is 5.91 Å². The highest BCUT2D eigenvalue weighted by molar-refractivity contribution is 5.88. The molecule has 1 aliphatic carbocycles. The van der Waals surface area contributed by atoms with Crippen LogP contribution in [-0.4, -0.2) is 60.8 Å². The molecule has 2 aliphatic rings. The number of nitrogens with one attached hydrogen (secondary N) is 1. The van der Waals surface area contributed by atoms with Crippen LogP contribution in [0.4, 0.5) is 0 Å². The third kappa shape index (κ3) is 4.89. The highest BCUT2D eigenvalue weighted by atomic mass is 16.5. The molecule has 33 heavy (non-hydrogen) atoms. The molecule has 0 atom stereocenters. The number of aryl methyl sites for hydroxylation is 1. The lowest BCUT2D eigenvalue weighted by Crippen LogP contribution is -2.62. The fourth-order valence-electron chi connectivity index (χ4n) is 4.59. The molecule has 1 saturated carbocycles. The molecule has 0 radical (unpaired) electrons. The standard InChI is InChI=1S/C26H32N2O5/c1-19-5-3-4-6-22(19)33-18-15-28(2)26(13-16-32-17-14-26)24(31)27-25(11-12-25)21-9-7-20(8-10-21)23(29)30/h3-10H,11-18H2,1-2H3,(H,27,31)(H,29,30). The molecule has 7 heteroatoms. The van der Waals surface area contributed by atoms with E-state index in [4.69, 9.17) is 14.6 Å². The van der Waals surface area contributed by atoms with Crippen LogP contribution in [0.3, 0.4) is 0 Å². The fourth-order valence-corrected chi connectivity index (χ4v) is 4.59. The molecule has 2 aromatic carbocycles. The van der Waals surface area contributed by atoms with Crippen LogP contribution >= 0.6 is 0 Å². The van der Waals surface area contributed by atoms with Crippen LogP contribution in [0.15, 0.2) is 48.5 Å². The summed E-state index contributed by atoms with van der Waals surface area (Å²) in [6.45, 7) is 4.19. The van der Waals surface area contributed by atoms with E-state index in [-0.39, 0.29) is 11.5 Å². The molecule has 4 rings (SSSR count). The third-order valence-corrected chi connectivity index (χ3v) is 7.04. The molecule has 0 bridgehead atoms. The summed E-state index contributed by atoms with van der Waals surface area (Å²) in [7, 11) is 1.98. The van der Waals surface area contributed by atoms with Crippen molar-refractivity contribution in [3.05, 3.63) is 65.2 Å². The molecule has 0 unspecified atom stereocenters. The molecular formula is C26H32N2O5. The minimum absolute atomic E-state index is 0.00371. The van der Waals surface area contributed by atoms with E-state index in [1.165, 1.54) is 0 Å². The van der Waals surface area contributed by atoms with Gasteiger partial charge in [0, 0.05) is 19.8 Å². The molecule has 1 aliphatic heterocycles. The predicted molar refractivity (Wildman–Crippen MR) is 125 cm³/mol. The first-order chi connectivity index (χ1) is 15.9. The Morgan fingerprint density at radius 3 is 2.33 bits per heavy atom. The van der Waals surface area contributed by atoms with Gasteiger partial charge in [-0.3, -0.25) is 9.69 Å². The van der Waals surface area contributed by atoms with Crippen LogP contribution < -0.4 is 10.1 Å². The first-order valence-electron chi connectivity index (χ1n) is 11.5. The number of carbonyl (C=O) groups excluding carboxylic acids is 1. The van der Waals surface area contributed by atoms with Crippen molar-refractivity contribution in [2.45, 2.75) is 43.7 Å². The number of para-hydroxylation sites is 1. The van der Waals surface area contributed by atoms with E-state index in [1.54, 1.807) is 12.1 Å². The van der Waals surface area contributed by atoms with Crippen molar-refractivity contribution in [3.63, 3.8) is 0 Å². The van der Waals surface area contributed by atoms with Crippen molar-refractivity contribution in [2.75, 3.05) is 33.4 Å². The van der Waals surface area contributed by atoms with Gasteiger partial charge in [-0.2, -0.15) is 0 Å². The molecule has 2 fully saturated rings. The maximum absolute atomic E-state index is 13.7. The normalized spacial score (nSPS) is 18.5. The molecule has 1 amide bonds. The Hall–Kier alpha value is -2.90. The van der Waals surface area contributed by atoms with Crippen molar-refractivity contribution >= 4 is 11.9 Å². The van der Waals surface area contributed by atoms with Crippen LogP contribution in [0, 0.1) is 6.92 Å². The fraction of sp³-hybridized carbons (Fsp3) is 0.462. The SMILES string of the molecule is Cc1ccccc1OCCN(C)C1(C(=O)NC2(c3ccc(C(=O)O)cc3)CC2)CCOCC1. The number of nitrogens with zero attached hydrogens (tertiary/aromatic N) is 1. The minimum atomic E-state index is -0.953. The Morgan fingerprint density at radius 2 is 1.73 bits per heavy atom. The Balaban J connectivity index is 1.45. The van der Waals surface area contributed by atoms with Gasteiger partial charge in [-0.05, 0) is 69.0 Å². The number of hydrogen-bond acceptors (Lipinski definition) is 5. The highest BCUT2D eigenvalue weighted by Crippen LogP contribution is 2.46. The summed E-state index contributed by atoms with van der Waals surface area (Å²) in [6.07, 6.45) is 2.93. The Kier molecular flexibility index (Phi) is 6.72. The lowest BCUT2D eigenvalue weighted by molar-refractivity contribution is -0.140. The number of ether oxygens (including phenoxy) is 2. The first-order valence-corrected chi connectivity index (χ1v) is 11.5. The smallest absolute Gasteiger partial charge is 0.335 e. The van der Waals surface area contributed by atoms with Gasteiger partial charge in [0.1, 0.15) is 17.9 Å². The zero-order valence-corrected chi connectivity index (χ0v) is 19.3. The Bertz CT molecular complexity index is 994. The molecule has 1 saturated heterocycles. The highest BCUT2D eigenvalue weighted by Gasteiger charge is 2.51. The zero-order chi connectivity index (χ0) is 23.5. The van der Waals surface area contributed by atoms with E-state index in [2.05, 4.69) is 10.2 Å². The average Bonchev–Trinajstić information content (AvgIpc) is 3.61. The first kappa shape index (κ1) is 23.3. The third-order valence-electron chi connectivity index (χ3n) is 7.04. The van der Waals surface area contributed by atoms with E-state index in [0.717, 1.165) is 29.7 Å². The number of carboxylic acid groups (broad SMARTS) is 1. The number of rotatable bonds is 9. The van der Waals surface area contributed by atoms with Crippen LogP contribution in [0.25, 0.3) is 0 Å². The lowest BCUT2D eigenvalue weighted by Gasteiger charge is -2.43. The van der Waals surface area contributed by atoms with Gasteiger partial charge < -0.3 is 19.9 Å². The number of hydrogen-bond donors (Lipinski definition) is 2. The summed E-state index contributed by atoms with van der Waals surface area (Å²) in [6, 6.07) is 14.7. The van der Waals surface area contributed by atoms with Gasteiger partial charge in [-0.25, -0.2) is 4.79 Å². The number of amides is 1. The molecule has 176 valence electrons. The van der Waals surface area contributed by atoms with Crippen LogP contribution in [0.5, 0.6) is 5.75 Å². The maximum atomic E-state index is 13.7. The summed E-state index contributed by atoms with van der Waals surface area (Å²) in [5.74, 6) is -0.0896. The van der Waals surface area contributed by atoms with E-state index < -0.39 is 17.0 Å². The van der Waals surface area contributed by atoms with Gasteiger partial charge in [-0.1, -0.05) is 30.3 Å². The predicted octanol–water partition coefficient (Wildman–Crippen LogP) is 3.36. The summed E-state index contributed by atoms with van der Waals surface area (Å²) in [4.78, 5) is 27.0. The second-order valence-corrected chi connectivity index (χ2v) is 9.10. The van der Waals surface area contributed by atoms with E-state index in [9.17, 15) is 9.59 Å². The molecule has 7 nitrogen and oxygen atoms in total. The Morgan fingerprint density at radius 1 is 1.06 bits per heavy atom. The van der Waals surface area contributed by atoms with Gasteiger partial charge in [-0.15, -0.1) is 0 Å². The molecule has 0 aromatic heterocycles.